The lowest BCUT2D eigenvalue weighted by Crippen LogP contribution is -2.10. The molecule has 22 heavy (non-hydrogen) atoms. The second kappa shape index (κ2) is 6.80. The largest absolute Gasteiger partial charge is 0.465 e. The topological polar surface area (TPSA) is 60.4 Å². The summed E-state index contributed by atoms with van der Waals surface area (Å²) in [7, 11) is 1.28. The lowest BCUT2D eigenvalue weighted by Gasteiger charge is -2.11. The fourth-order valence-electron chi connectivity index (χ4n) is 2.31. The van der Waals surface area contributed by atoms with Gasteiger partial charge in [0, 0.05) is 17.5 Å². The van der Waals surface area contributed by atoms with Gasteiger partial charge in [0.25, 0.3) is 0 Å². The van der Waals surface area contributed by atoms with E-state index in [0.717, 1.165) is 0 Å². The molecule has 0 saturated carbocycles. The van der Waals surface area contributed by atoms with Gasteiger partial charge in [-0.2, -0.15) is 0 Å². The lowest BCUT2D eigenvalue weighted by molar-refractivity contribution is 0.0600. The summed E-state index contributed by atoms with van der Waals surface area (Å²) in [5.74, 6) is -0.579. The molecular formula is C18H16O4. The van der Waals surface area contributed by atoms with Crippen molar-refractivity contribution in [2.24, 2.45) is 0 Å². The van der Waals surface area contributed by atoms with Crippen molar-refractivity contribution in [1.82, 2.24) is 0 Å². The van der Waals surface area contributed by atoms with Gasteiger partial charge < -0.3 is 4.74 Å². The first-order chi connectivity index (χ1) is 10.6. The number of benzene rings is 2. The molecule has 0 N–H and O–H groups in total. The maximum absolute atomic E-state index is 12.3. The minimum atomic E-state index is -0.507. The molecule has 0 atom stereocenters. The third-order valence-electron chi connectivity index (χ3n) is 3.49. The lowest BCUT2D eigenvalue weighted by atomic mass is 9.93. The first kappa shape index (κ1) is 15.6. The van der Waals surface area contributed by atoms with Crippen LogP contribution in [0.25, 0.3) is 0 Å². The standard InChI is InChI=1S/C18H16O4/c1-12-8-14(18(21)22-2)9-15(11-19)16(12)10-17(20)13-6-4-3-5-7-13/h3-9,11H,10H2,1-2H3. The van der Waals surface area contributed by atoms with E-state index in [9.17, 15) is 14.4 Å². The third-order valence-corrected chi connectivity index (χ3v) is 3.49. The quantitative estimate of drug-likeness (QED) is 0.483. The molecule has 0 saturated heterocycles. The highest BCUT2D eigenvalue weighted by atomic mass is 16.5. The van der Waals surface area contributed by atoms with Crippen LogP contribution in [0.3, 0.4) is 0 Å². The SMILES string of the molecule is COC(=O)c1cc(C)c(CC(=O)c2ccccc2)c(C=O)c1. The fraction of sp³-hybridized carbons (Fsp3) is 0.167. The van der Waals surface area contributed by atoms with Crippen LogP contribution < -0.4 is 0 Å². The van der Waals surface area contributed by atoms with Gasteiger partial charge in [-0.15, -0.1) is 0 Å². The zero-order valence-corrected chi connectivity index (χ0v) is 12.5. The molecule has 4 heteroatoms. The molecular weight excluding hydrogens is 280 g/mol. The van der Waals surface area contributed by atoms with Crippen molar-refractivity contribution in [3.8, 4) is 0 Å². The fourth-order valence-corrected chi connectivity index (χ4v) is 2.31. The number of esters is 1. The Morgan fingerprint density at radius 2 is 1.77 bits per heavy atom. The maximum Gasteiger partial charge on any atom is 0.337 e. The van der Waals surface area contributed by atoms with Gasteiger partial charge in [0.05, 0.1) is 12.7 Å². The Hall–Kier alpha value is -2.75. The summed E-state index contributed by atoms with van der Waals surface area (Å²) in [6, 6.07) is 12.0. The Balaban J connectivity index is 2.37. The molecule has 0 aliphatic rings. The minimum absolute atomic E-state index is 0.0716. The number of aldehydes is 1. The summed E-state index contributed by atoms with van der Waals surface area (Å²) in [4.78, 5) is 35.2. The van der Waals surface area contributed by atoms with Gasteiger partial charge in [0.2, 0.25) is 0 Å². The molecule has 2 aromatic rings. The zero-order valence-electron chi connectivity index (χ0n) is 12.5. The number of hydrogen-bond acceptors (Lipinski definition) is 4. The highest BCUT2D eigenvalue weighted by Gasteiger charge is 2.16. The molecule has 0 fully saturated rings. The molecule has 4 nitrogen and oxygen atoms in total. The van der Waals surface area contributed by atoms with Crippen LogP contribution in [0.4, 0.5) is 0 Å². The smallest absolute Gasteiger partial charge is 0.337 e. The predicted octanol–water partition coefficient (Wildman–Crippen LogP) is 3.02. The van der Waals surface area contributed by atoms with Crippen LogP contribution in [-0.2, 0) is 11.2 Å². The maximum atomic E-state index is 12.3. The van der Waals surface area contributed by atoms with Crippen LogP contribution >= 0.6 is 0 Å². The third kappa shape index (κ3) is 3.28. The Labute approximate surface area is 128 Å². The van der Waals surface area contributed by atoms with E-state index in [0.29, 0.717) is 34.1 Å². The molecule has 0 aromatic heterocycles. The molecule has 0 aliphatic heterocycles. The van der Waals surface area contributed by atoms with Crippen LogP contribution in [0.5, 0.6) is 0 Å². The monoisotopic (exact) mass is 296 g/mol. The van der Waals surface area contributed by atoms with Gasteiger partial charge in [0.15, 0.2) is 5.78 Å². The number of rotatable bonds is 5. The summed E-state index contributed by atoms with van der Waals surface area (Å²) >= 11 is 0. The average molecular weight is 296 g/mol. The normalized spacial score (nSPS) is 10.1. The predicted molar refractivity (Wildman–Crippen MR) is 82.4 cm³/mol. The van der Waals surface area contributed by atoms with Gasteiger partial charge in [-0.25, -0.2) is 4.79 Å². The van der Waals surface area contributed by atoms with E-state index in [-0.39, 0.29) is 12.2 Å². The van der Waals surface area contributed by atoms with E-state index in [4.69, 9.17) is 0 Å². The van der Waals surface area contributed by atoms with E-state index in [1.807, 2.05) is 6.07 Å². The zero-order chi connectivity index (χ0) is 16.1. The van der Waals surface area contributed by atoms with Crippen molar-refractivity contribution in [3.63, 3.8) is 0 Å². The molecule has 0 heterocycles. The Kier molecular flexibility index (Phi) is 4.84. The Morgan fingerprint density at radius 3 is 2.36 bits per heavy atom. The van der Waals surface area contributed by atoms with E-state index in [2.05, 4.69) is 4.74 Å². The van der Waals surface area contributed by atoms with E-state index < -0.39 is 5.97 Å². The van der Waals surface area contributed by atoms with Crippen LogP contribution in [-0.4, -0.2) is 25.1 Å². The second-order valence-corrected chi connectivity index (χ2v) is 4.94. The van der Waals surface area contributed by atoms with Crippen LogP contribution in [0.2, 0.25) is 0 Å². The number of aryl methyl sites for hydroxylation is 1. The number of hydrogen-bond donors (Lipinski definition) is 0. The van der Waals surface area contributed by atoms with Gasteiger partial charge in [0.1, 0.15) is 6.29 Å². The van der Waals surface area contributed by atoms with Gasteiger partial charge in [-0.3, -0.25) is 9.59 Å². The number of methoxy groups -OCH3 is 1. The van der Waals surface area contributed by atoms with E-state index >= 15 is 0 Å². The molecule has 0 bridgehead atoms. The number of ether oxygens (including phenoxy) is 1. The molecule has 0 radical (unpaired) electrons. The van der Waals surface area contributed by atoms with Crippen LogP contribution in [0, 0.1) is 6.92 Å². The van der Waals surface area contributed by atoms with Gasteiger partial charge in [-0.05, 0) is 30.2 Å². The van der Waals surface area contributed by atoms with Crippen LogP contribution in [0.15, 0.2) is 42.5 Å². The average Bonchev–Trinajstić information content (AvgIpc) is 2.56. The van der Waals surface area contributed by atoms with Crippen molar-refractivity contribution in [2.75, 3.05) is 7.11 Å². The first-order valence-corrected chi connectivity index (χ1v) is 6.82. The molecule has 0 amide bonds. The van der Waals surface area contributed by atoms with Crippen molar-refractivity contribution in [1.29, 1.82) is 0 Å². The van der Waals surface area contributed by atoms with Crippen LogP contribution in [0.1, 0.15) is 42.2 Å². The summed E-state index contributed by atoms with van der Waals surface area (Å²) in [5, 5.41) is 0. The Morgan fingerprint density at radius 1 is 1.09 bits per heavy atom. The molecule has 0 spiro atoms. The summed E-state index contributed by atoms with van der Waals surface area (Å²) in [6.07, 6.45) is 0.776. The van der Waals surface area contributed by atoms with Gasteiger partial charge >= 0.3 is 5.97 Å². The second-order valence-electron chi connectivity index (χ2n) is 4.94. The number of Topliss-reactive ketones (excluding diaryl/α,β-unsaturated/α-hetero) is 1. The van der Waals surface area contributed by atoms with Crippen molar-refractivity contribution in [3.05, 3.63) is 70.3 Å². The molecule has 2 aromatic carbocycles. The van der Waals surface area contributed by atoms with E-state index in [1.165, 1.54) is 13.2 Å². The highest BCUT2D eigenvalue weighted by Crippen LogP contribution is 2.19. The van der Waals surface area contributed by atoms with Crippen molar-refractivity contribution < 1.29 is 19.1 Å². The molecule has 0 aliphatic carbocycles. The first-order valence-electron chi connectivity index (χ1n) is 6.82. The summed E-state index contributed by atoms with van der Waals surface area (Å²) in [5.41, 5.74) is 2.59. The minimum Gasteiger partial charge on any atom is -0.465 e. The van der Waals surface area contributed by atoms with E-state index in [1.54, 1.807) is 37.3 Å². The number of ketones is 1. The van der Waals surface area contributed by atoms with Crippen molar-refractivity contribution in [2.45, 2.75) is 13.3 Å². The number of carbonyl (C=O) groups is 3. The van der Waals surface area contributed by atoms with Gasteiger partial charge in [-0.1, -0.05) is 30.3 Å². The summed E-state index contributed by atoms with van der Waals surface area (Å²) < 4.78 is 4.66. The highest BCUT2D eigenvalue weighted by molar-refractivity contribution is 5.99. The molecule has 2 rings (SSSR count). The summed E-state index contributed by atoms with van der Waals surface area (Å²) in [6.45, 7) is 1.77. The molecule has 0 unspecified atom stereocenters. The van der Waals surface area contributed by atoms with Crippen molar-refractivity contribution >= 4 is 18.0 Å². The Bertz CT molecular complexity index is 717. The molecule has 112 valence electrons. The number of carbonyl (C=O) groups excluding carboxylic acids is 3.